The average Bonchev–Trinajstić information content (AvgIpc) is 3.09. The quantitative estimate of drug-likeness (QED) is 0.289. The van der Waals surface area contributed by atoms with Gasteiger partial charge in [-0.3, -0.25) is 4.79 Å². The minimum atomic E-state index is -2.55. The zero-order valence-corrected chi connectivity index (χ0v) is 20.4. The van der Waals surface area contributed by atoms with Gasteiger partial charge in [-0.2, -0.15) is 5.10 Å². The Labute approximate surface area is 207 Å². The van der Waals surface area contributed by atoms with Crippen molar-refractivity contribution in [1.29, 1.82) is 0 Å². The van der Waals surface area contributed by atoms with Crippen LogP contribution in [0.25, 0.3) is 0 Å². The summed E-state index contributed by atoms with van der Waals surface area (Å²) in [4.78, 5) is 24.5. The summed E-state index contributed by atoms with van der Waals surface area (Å²) in [6.07, 6.45) is 2.68. The number of aliphatic carboxylic acids is 1. The van der Waals surface area contributed by atoms with Gasteiger partial charge < -0.3 is 15.2 Å². The standard InChI is InChI=1S/C25H28ClF2N3O4/c1-5-7-17(25(33)34)11-10-15(2)16(3)29-23(32)22-20(12-13-21(27)28)30-31(4)24(22)35-19-9-6-8-18(26)14-19/h5-11,14-16,21H,1,12-13H2,2-4H3,(H,29,32)(H,33,34)/b11-10-,17-7?/t15?,16-/m0/s1. The highest BCUT2D eigenvalue weighted by atomic mass is 35.5. The molecule has 1 heterocycles. The molecular formula is C25H28ClF2N3O4. The van der Waals surface area contributed by atoms with Crippen LogP contribution in [0, 0.1) is 5.92 Å². The molecule has 0 spiro atoms. The Hall–Kier alpha value is -3.46. The number of nitrogens with zero attached hydrogens (tertiary/aromatic N) is 2. The Morgan fingerprint density at radius 2 is 2.06 bits per heavy atom. The number of rotatable bonds is 12. The molecule has 10 heteroatoms. The number of hydrogen-bond donors (Lipinski definition) is 2. The van der Waals surface area contributed by atoms with E-state index in [9.17, 15) is 23.5 Å². The number of carbonyl (C=O) groups is 2. The molecule has 35 heavy (non-hydrogen) atoms. The molecule has 2 aromatic rings. The number of hydrogen-bond acceptors (Lipinski definition) is 4. The first kappa shape index (κ1) is 27.8. The van der Waals surface area contributed by atoms with Crippen LogP contribution in [-0.2, 0) is 18.3 Å². The Morgan fingerprint density at radius 3 is 2.66 bits per heavy atom. The summed E-state index contributed by atoms with van der Waals surface area (Å²) in [6.45, 7) is 7.04. The van der Waals surface area contributed by atoms with E-state index in [2.05, 4.69) is 17.0 Å². The second-order valence-corrected chi connectivity index (χ2v) is 8.32. The monoisotopic (exact) mass is 507 g/mol. The molecule has 188 valence electrons. The second-order valence-electron chi connectivity index (χ2n) is 7.88. The van der Waals surface area contributed by atoms with E-state index in [0.717, 1.165) is 0 Å². The van der Waals surface area contributed by atoms with Crippen molar-refractivity contribution in [3.8, 4) is 11.6 Å². The number of carboxylic acid groups (broad SMARTS) is 1. The SMILES string of the molecule is C=CC=C(/C=C\C(C)[C@H](C)NC(=O)c1c(CCC(F)F)nn(C)c1Oc1cccc(Cl)c1)C(=O)O. The van der Waals surface area contributed by atoms with Gasteiger partial charge in [-0.25, -0.2) is 18.3 Å². The Morgan fingerprint density at radius 1 is 1.34 bits per heavy atom. The predicted molar refractivity (Wildman–Crippen MR) is 130 cm³/mol. The van der Waals surface area contributed by atoms with Gasteiger partial charge in [-0.1, -0.05) is 49.4 Å². The summed E-state index contributed by atoms with van der Waals surface area (Å²) in [6, 6.07) is 6.11. The Balaban J connectivity index is 2.31. The van der Waals surface area contributed by atoms with E-state index in [4.69, 9.17) is 16.3 Å². The van der Waals surface area contributed by atoms with Crippen LogP contribution < -0.4 is 10.1 Å². The lowest BCUT2D eigenvalue weighted by molar-refractivity contribution is -0.132. The van der Waals surface area contributed by atoms with Crippen molar-refractivity contribution in [3.63, 3.8) is 0 Å². The lowest BCUT2D eigenvalue weighted by Crippen LogP contribution is -2.37. The summed E-state index contributed by atoms with van der Waals surface area (Å²) >= 11 is 6.02. The Bertz CT molecular complexity index is 1130. The summed E-state index contributed by atoms with van der Waals surface area (Å²) in [7, 11) is 1.55. The van der Waals surface area contributed by atoms with Gasteiger partial charge in [0.1, 0.15) is 11.3 Å². The van der Waals surface area contributed by atoms with Crippen LogP contribution in [-0.4, -0.2) is 39.2 Å². The van der Waals surface area contributed by atoms with Crippen molar-refractivity contribution in [2.75, 3.05) is 0 Å². The average molecular weight is 508 g/mol. The van der Waals surface area contributed by atoms with Crippen LogP contribution in [0.2, 0.25) is 5.02 Å². The molecule has 2 rings (SSSR count). The predicted octanol–water partition coefficient (Wildman–Crippen LogP) is 5.57. The third-order valence-electron chi connectivity index (χ3n) is 5.18. The molecular weight excluding hydrogens is 480 g/mol. The van der Waals surface area contributed by atoms with Crippen molar-refractivity contribution in [2.24, 2.45) is 13.0 Å². The number of nitrogens with one attached hydrogen (secondary N) is 1. The zero-order valence-electron chi connectivity index (χ0n) is 19.7. The molecule has 0 bridgehead atoms. The minimum Gasteiger partial charge on any atom is -0.478 e. The maximum absolute atomic E-state index is 13.3. The molecule has 2 atom stereocenters. The fraction of sp³-hybridized carbons (Fsp3) is 0.320. The number of benzene rings is 1. The first-order chi connectivity index (χ1) is 16.5. The van der Waals surface area contributed by atoms with E-state index < -0.39 is 30.8 Å². The van der Waals surface area contributed by atoms with Crippen LogP contribution in [0.4, 0.5) is 8.78 Å². The zero-order chi connectivity index (χ0) is 26.1. The lowest BCUT2D eigenvalue weighted by Gasteiger charge is -2.19. The van der Waals surface area contributed by atoms with E-state index >= 15 is 0 Å². The van der Waals surface area contributed by atoms with Crippen LogP contribution in [0.15, 0.2) is 60.7 Å². The van der Waals surface area contributed by atoms with Gasteiger partial charge in [0.05, 0.1) is 11.3 Å². The van der Waals surface area contributed by atoms with E-state index in [0.29, 0.717) is 10.8 Å². The molecule has 0 aliphatic rings. The summed E-state index contributed by atoms with van der Waals surface area (Å²) in [5.41, 5.74) is 0.276. The maximum Gasteiger partial charge on any atom is 0.335 e. The van der Waals surface area contributed by atoms with Gasteiger partial charge in [0.25, 0.3) is 5.91 Å². The number of allylic oxidation sites excluding steroid dienone is 2. The molecule has 0 saturated heterocycles. The summed E-state index contributed by atoms with van der Waals surface area (Å²) in [5, 5.41) is 16.7. The number of amides is 1. The third kappa shape index (κ3) is 8.06. The normalized spacial score (nSPS) is 13.6. The highest BCUT2D eigenvalue weighted by Gasteiger charge is 2.27. The summed E-state index contributed by atoms with van der Waals surface area (Å²) < 4.78 is 33.0. The fourth-order valence-electron chi connectivity index (χ4n) is 3.13. The van der Waals surface area contributed by atoms with E-state index in [1.807, 2.05) is 0 Å². The van der Waals surface area contributed by atoms with Crippen molar-refractivity contribution in [2.45, 2.75) is 39.2 Å². The maximum atomic E-state index is 13.3. The first-order valence-corrected chi connectivity index (χ1v) is 11.2. The van der Waals surface area contributed by atoms with Gasteiger partial charge in [-0.15, -0.1) is 0 Å². The van der Waals surface area contributed by atoms with E-state index in [1.54, 1.807) is 51.2 Å². The van der Waals surface area contributed by atoms with Crippen LogP contribution in [0.3, 0.4) is 0 Å². The molecule has 1 amide bonds. The largest absolute Gasteiger partial charge is 0.478 e. The lowest BCUT2D eigenvalue weighted by atomic mass is 10.0. The minimum absolute atomic E-state index is 0.0455. The van der Waals surface area contributed by atoms with Crippen molar-refractivity contribution in [1.82, 2.24) is 15.1 Å². The summed E-state index contributed by atoms with van der Waals surface area (Å²) in [5.74, 6) is -1.47. The molecule has 0 radical (unpaired) electrons. The van der Waals surface area contributed by atoms with Crippen LogP contribution >= 0.6 is 11.6 Å². The molecule has 0 aliphatic heterocycles. The fourth-order valence-corrected chi connectivity index (χ4v) is 3.31. The highest BCUT2D eigenvalue weighted by molar-refractivity contribution is 6.30. The number of halogens is 3. The van der Waals surface area contributed by atoms with Crippen molar-refractivity contribution >= 4 is 23.5 Å². The molecule has 1 unspecified atom stereocenters. The van der Waals surface area contributed by atoms with E-state index in [-0.39, 0.29) is 35.0 Å². The van der Waals surface area contributed by atoms with Crippen molar-refractivity contribution < 1.29 is 28.2 Å². The number of alkyl halides is 2. The highest BCUT2D eigenvalue weighted by Crippen LogP contribution is 2.30. The van der Waals surface area contributed by atoms with Gasteiger partial charge in [0.2, 0.25) is 12.3 Å². The van der Waals surface area contributed by atoms with Gasteiger partial charge in [-0.05, 0) is 43.5 Å². The van der Waals surface area contributed by atoms with Gasteiger partial charge in [0, 0.05) is 24.5 Å². The van der Waals surface area contributed by atoms with Gasteiger partial charge in [0.15, 0.2) is 0 Å². The van der Waals surface area contributed by atoms with E-state index in [1.165, 1.54) is 22.9 Å². The molecule has 1 aromatic carbocycles. The number of aromatic nitrogens is 2. The van der Waals surface area contributed by atoms with Crippen molar-refractivity contribution in [3.05, 3.63) is 77.0 Å². The topological polar surface area (TPSA) is 93.5 Å². The molecule has 2 N–H and O–H groups in total. The van der Waals surface area contributed by atoms with Gasteiger partial charge >= 0.3 is 5.97 Å². The molecule has 0 saturated carbocycles. The Kier molecular flexibility index (Phi) is 10.2. The molecule has 1 aromatic heterocycles. The first-order valence-electron chi connectivity index (χ1n) is 10.9. The number of aryl methyl sites for hydroxylation is 2. The molecule has 0 aliphatic carbocycles. The number of ether oxygens (including phenoxy) is 1. The third-order valence-corrected chi connectivity index (χ3v) is 5.41. The second kappa shape index (κ2) is 12.9. The number of carboxylic acids is 1. The molecule has 7 nitrogen and oxygen atoms in total. The smallest absolute Gasteiger partial charge is 0.335 e. The van der Waals surface area contributed by atoms with Crippen LogP contribution in [0.5, 0.6) is 11.6 Å². The molecule has 0 fully saturated rings. The number of carbonyl (C=O) groups excluding carboxylic acids is 1. The van der Waals surface area contributed by atoms with Crippen LogP contribution in [0.1, 0.15) is 36.3 Å².